The monoisotopic (exact) mass is 345 g/mol. The van der Waals surface area contributed by atoms with E-state index in [1.54, 1.807) is 25.1 Å². The molecule has 4 nitrogen and oxygen atoms in total. The summed E-state index contributed by atoms with van der Waals surface area (Å²) in [4.78, 5) is 24.4. The summed E-state index contributed by atoms with van der Waals surface area (Å²) in [5.41, 5.74) is 3.09. The van der Waals surface area contributed by atoms with Crippen LogP contribution in [0.1, 0.15) is 35.3 Å². The zero-order chi connectivity index (χ0) is 17.7. The van der Waals surface area contributed by atoms with Gasteiger partial charge in [-0.05, 0) is 49.6 Å². The Morgan fingerprint density at radius 2 is 1.92 bits per heavy atom. The molecule has 0 aliphatic heterocycles. The third-order valence-corrected chi connectivity index (χ3v) is 3.94. The van der Waals surface area contributed by atoms with Crippen LogP contribution in [-0.4, -0.2) is 18.0 Å². The van der Waals surface area contributed by atoms with E-state index in [2.05, 4.69) is 5.32 Å². The van der Waals surface area contributed by atoms with Crippen molar-refractivity contribution in [3.63, 3.8) is 0 Å². The smallest absolute Gasteiger partial charge is 0.338 e. The molecule has 1 atom stereocenters. The molecular weight excluding hydrogens is 326 g/mol. The van der Waals surface area contributed by atoms with E-state index in [4.69, 9.17) is 16.3 Å². The lowest BCUT2D eigenvalue weighted by Gasteiger charge is -2.17. The number of amides is 1. The van der Waals surface area contributed by atoms with Gasteiger partial charge in [-0.15, -0.1) is 0 Å². The van der Waals surface area contributed by atoms with E-state index in [1.165, 1.54) is 6.07 Å². The van der Waals surface area contributed by atoms with E-state index in [-0.39, 0.29) is 5.91 Å². The molecule has 2 rings (SSSR count). The molecule has 0 fully saturated rings. The fourth-order valence-corrected chi connectivity index (χ4v) is 2.51. The number of anilines is 1. The number of benzene rings is 2. The predicted molar refractivity (Wildman–Crippen MR) is 95.5 cm³/mol. The SMILES string of the molecule is CCc1cccc(C)c1NC(=O)C(C)OC(=O)c1cccc(Cl)c1. The van der Waals surface area contributed by atoms with Gasteiger partial charge in [0, 0.05) is 10.7 Å². The lowest BCUT2D eigenvalue weighted by Crippen LogP contribution is -2.30. The second kappa shape index (κ2) is 7.97. The Balaban J connectivity index is 2.06. The highest BCUT2D eigenvalue weighted by atomic mass is 35.5. The van der Waals surface area contributed by atoms with Gasteiger partial charge in [0.05, 0.1) is 5.56 Å². The van der Waals surface area contributed by atoms with Gasteiger partial charge in [0.15, 0.2) is 6.10 Å². The fraction of sp³-hybridized carbons (Fsp3) is 0.263. The molecular formula is C19H20ClNO3. The van der Waals surface area contributed by atoms with E-state index < -0.39 is 12.1 Å². The van der Waals surface area contributed by atoms with E-state index in [0.717, 1.165) is 23.2 Å². The standard InChI is InChI=1S/C19H20ClNO3/c1-4-14-8-5-7-12(2)17(14)21-18(22)13(3)24-19(23)15-9-6-10-16(20)11-15/h5-11,13H,4H2,1-3H3,(H,21,22). The van der Waals surface area contributed by atoms with Crippen LogP contribution in [0.25, 0.3) is 0 Å². The summed E-state index contributed by atoms with van der Waals surface area (Å²) in [5, 5.41) is 3.29. The number of para-hydroxylation sites is 1. The quantitative estimate of drug-likeness (QED) is 0.817. The zero-order valence-corrected chi connectivity index (χ0v) is 14.7. The van der Waals surface area contributed by atoms with Crippen molar-refractivity contribution in [1.29, 1.82) is 0 Å². The van der Waals surface area contributed by atoms with Crippen molar-refractivity contribution in [3.05, 3.63) is 64.2 Å². The van der Waals surface area contributed by atoms with Crippen LogP contribution in [0, 0.1) is 6.92 Å². The highest BCUT2D eigenvalue weighted by molar-refractivity contribution is 6.30. The molecule has 0 aromatic heterocycles. The largest absolute Gasteiger partial charge is 0.449 e. The summed E-state index contributed by atoms with van der Waals surface area (Å²) < 4.78 is 5.23. The minimum atomic E-state index is -0.916. The number of carbonyl (C=O) groups excluding carboxylic acids is 2. The van der Waals surface area contributed by atoms with Crippen molar-refractivity contribution < 1.29 is 14.3 Å². The first kappa shape index (κ1) is 18.0. The Labute approximate surface area is 146 Å². The average Bonchev–Trinajstić information content (AvgIpc) is 2.56. The second-order valence-electron chi connectivity index (χ2n) is 5.51. The molecule has 0 aliphatic rings. The summed E-state index contributed by atoms with van der Waals surface area (Å²) >= 11 is 5.86. The van der Waals surface area contributed by atoms with Gasteiger partial charge < -0.3 is 10.1 Å². The molecule has 2 aromatic carbocycles. The Kier molecular flexibility index (Phi) is 5.99. The molecule has 1 amide bonds. The summed E-state index contributed by atoms with van der Waals surface area (Å²) in [6, 6.07) is 12.3. The van der Waals surface area contributed by atoms with Gasteiger partial charge in [0.2, 0.25) is 0 Å². The van der Waals surface area contributed by atoms with Gasteiger partial charge in [-0.1, -0.05) is 42.8 Å². The van der Waals surface area contributed by atoms with Gasteiger partial charge in [-0.3, -0.25) is 4.79 Å². The third kappa shape index (κ3) is 4.36. The van der Waals surface area contributed by atoms with Crippen LogP contribution in [0.3, 0.4) is 0 Å². The highest BCUT2D eigenvalue weighted by Gasteiger charge is 2.20. The summed E-state index contributed by atoms with van der Waals surface area (Å²) in [6.07, 6.45) is -0.116. The number of carbonyl (C=O) groups is 2. The number of hydrogen-bond acceptors (Lipinski definition) is 3. The van der Waals surface area contributed by atoms with Crippen molar-refractivity contribution in [2.45, 2.75) is 33.3 Å². The maximum Gasteiger partial charge on any atom is 0.338 e. The lowest BCUT2D eigenvalue weighted by molar-refractivity contribution is -0.123. The predicted octanol–water partition coefficient (Wildman–Crippen LogP) is 4.39. The summed E-state index contributed by atoms with van der Waals surface area (Å²) in [6.45, 7) is 5.49. The van der Waals surface area contributed by atoms with Crippen LogP contribution in [0.5, 0.6) is 0 Å². The molecule has 2 aromatic rings. The highest BCUT2D eigenvalue weighted by Crippen LogP contribution is 2.21. The topological polar surface area (TPSA) is 55.4 Å². The van der Waals surface area contributed by atoms with Crippen molar-refractivity contribution in [3.8, 4) is 0 Å². The molecule has 1 unspecified atom stereocenters. The van der Waals surface area contributed by atoms with Gasteiger partial charge in [0.1, 0.15) is 0 Å². The van der Waals surface area contributed by atoms with Crippen LogP contribution >= 0.6 is 11.6 Å². The molecule has 0 saturated heterocycles. The second-order valence-corrected chi connectivity index (χ2v) is 5.95. The van der Waals surface area contributed by atoms with Crippen molar-refractivity contribution in [2.24, 2.45) is 0 Å². The first-order valence-electron chi connectivity index (χ1n) is 7.78. The fourth-order valence-electron chi connectivity index (χ4n) is 2.32. The average molecular weight is 346 g/mol. The van der Waals surface area contributed by atoms with Crippen molar-refractivity contribution in [1.82, 2.24) is 0 Å². The van der Waals surface area contributed by atoms with Crippen LogP contribution in [0.15, 0.2) is 42.5 Å². The summed E-state index contributed by atoms with van der Waals surface area (Å²) in [5.74, 6) is -0.949. The molecule has 5 heteroatoms. The normalized spacial score (nSPS) is 11.7. The Hall–Kier alpha value is -2.33. The number of hydrogen-bond donors (Lipinski definition) is 1. The van der Waals surface area contributed by atoms with Gasteiger partial charge in [0.25, 0.3) is 5.91 Å². The van der Waals surface area contributed by atoms with Gasteiger partial charge >= 0.3 is 5.97 Å². The first-order chi connectivity index (χ1) is 11.4. The van der Waals surface area contributed by atoms with Gasteiger partial charge in [-0.25, -0.2) is 4.79 Å². The van der Waals surface area contributed by atoms with Crippen LogP contribution in [-0.2, 0) is 16.0 Å². The number of ether oxygens (including phenoxy) is 1. The molecule has 126 valence electrons. The van der Waals surface area contributed by atoms with E-state index >= 15 is 0 Å². The minimum absolute atomic E-state index is 0.312. The molecule has 1 N–H and O–H groups in total. The Morgan fingerprint density at radius 1 is 1.21 bits per heavy atom. The number of rotatable bonds is 5. The third-order valence-electron chi connectivity index (χ3n) is 3.70. The van der Waals surface area contributed by atoms with E-state index in [1.807, 2.05) is 32.0 Å². The van der Waals surface area contributed by atoms with Crippen molar-refractivity contribution >= 4 is 29.2 Å². The molecule has 24 heavy (non-hydrogen) atoms. The molecule has 0 bridgehead atoms. The Morgan fingerprint density at radius 3 is 2.58 bits per heavy atom. The van der Waals surface area contributed by atoms with E-state index in [0.29, 0.717) is 10.6 Å². The molecule has 0 saturated carbocycles. The molecule has 0 spiro atoms. The number of nitrogens with one attached hydrogen (secondary N) is 1. The number of aryl methyl sites for hydroxylation is 2. The molecule has 0 radical (unpaired) electrons. The maximum absolute atomic E-state index is 12.4. The van der Waals surface area contributed by atoms with Crippen LogP contribution in [0.4, 0.5) is 5.69 Å². The van der Waals surface area contributed by atoms with Crippen molar-refractivity contribution in [2.75, 3.05) is 5.32 Å². The van der Waals surface area contributed by atoms with E-state index in [9.17, 15) is 9.59 Å². The van der Waals surface area contributed by atoms with Crippen LogP contribution < -0.4 is 5.32 Å². The Bertz CT molecular complexity index is 758. The number of halogens is 1. The maximum atomic E-state index is 12.4. The van der Waals surface area contributed by atoms with Crippen LogP contribution in [0.2, 0.25) is 5.02 Å². The number of esters is 1. The zero-order valence-electron chi connectivity index (χ0n) is 13.9. The lowest BCUT2D eigenvalue weighted by atomic mass is 10.1. The summed E-state index contributed by atoms with van der Waals surface area (Å²) in [7, 11) is 0. The first-order valence-corrected chi connectivity index (χ1v) is 8.16. The molecule has 0 aliphatic carbocycles. The van der Waals surface area contributed by atoms with Gasteiger partial charge in [-0.2, -0.15) is 0 Å². The minimum Gasteiger partial charge on any atom is -0.449 e. The molecule has 0 heterocycles.